The summed E-state index contributed by atoms with van der Waals surface area (Å²) in [7, 11) is 0. The molecule has 0 aliphatic carbocycles. The Labute approximate surface area is 173 Å². The first-order valence-corrected chi connectivity index (χ1v) is 9.51. The number of ether oxygens (including phenoxy) is 1. The molecule has 2 atom stereocenters. The maximum atomic E-state index is 11.9. The lowest BCUT2D eigenvalue weighted by atomic mass is 10.1. The smallest absolute Gasteiger partial charge is 0.254 e. The molecule has 154 valence electrons. The molecule has 10 heteroatoms. The van der Waals surface area contributed by atoms with Crippen molar-refractivity contribution in [2.24, 2.45) is 11.5 Å². The zero-order chi connectivity index (χ0) is 20.9. The van der Waals surface area contributed by atoms with Crippen LogP contribution in [0.2, 0.25) is 0 Å². The van der Waals surface area contributed by atoms with E-state index in [1.54, 1.807) is 18.5 Å². The van der Waals surface area contributed by atoms with Crippen molar-refractivity contribution in [3.05, 3.63) is 54.5 Å². The monoisotopic (exact) mass is 406 g/mol. The van der Waals surface area contributed by atoms with Crippen molar-refractivity contribution in [2.75, 3.05) is 23.8 Å². The number of nitrogens with two attached hydrogens (primary N) is 2. The van der Waals surface area contributed by atoms with Crippen molar-refractivity contribution in [2.45, 2.75) is 18.5 Å². The minimum absolute atomic E-state index is 0.0235. The first-order chi connectivity index (χ1) is 14.6. The highest BCUT2D eigenvalue weighted by Gasteiger charge is 2.23. The Balaban J connectivity index is 1.60. The Morgan fingerprint density at radius 1 is 1.17 bits per heavy atom. The summed E-state index contributed by atoms with van der Waals surface area (Å²) in [6.45, 7) is 1.08. The third-order valence-corrected chi connectivity index (χ3v) is 4.72. The number of carbonyl (C=O) groups excluding carboxylic acids is 1. The molecule has 3 aromatic rings. The molecule has 1 fully saturated rings. The highest BCUT2D eigenvalue weighted by Crippen LogP contribution is 2.24. The Morgan fingerprint density at radius 2 is 2.00 bits per heavy atom. The molecule has 4 rings (SSSR count). The van der Waals surface area contributed by atoms with Crippen LogP contribution in [0.25, 0.3) is 11.4 Å². The van der Waals surface area contributed by atoms with Crippen LogP contribution in [0, 0.1) is 0 Å². The SMILES string of the molecule is NC(=O)c1cnc(N[C@@H]2CCOC[C@@H]2N)nc1Nc1cccc(-c2ncccn2)c1. The van der Waals surface area contributed by atoms with Gasteiger partial charge >= 0.3 is 0 Å². The van der Waals surface area contributed by atoms with Crippen LogP contribution >= 0.6 is 0 Å². The van der Waals surface area contributed by atoms with E-state index in [1.165, 1.54) is 6.20 Å². The summed E-state index contributed by atoms with van der Waals surface area (Å²) >= 11 is 0. The second kappa shape index (κ2) is 8.80. The van der Waals surface area contributed by atoms with Gasteiger partial charge in [-0.25, -0.2) is 15.0 Å². The fourth-order valence-electron chi connectivity index (χ4n) is 3.15. The minimum Gasteiger partial charge on any atom is -0.380 e. The number of hydrogen-bond acceptors (Lipinski definition) is 9. The summed E-state index contributed by atoms with van der Waals surface area (Å²) in [5.74, 6) is 0.614. The summed E-state index contributed by atoms with van der Waals surface area (Å²) < 4.78 is 5.36. The first kappa shape index (κ1) is 19.7. The fraction of sp³-hybridized carbons (Fsp3) is 0.250. The number of carbonyl (C=O) groups is 1. The number of nitrogens with zero attached hydrogens (tertiary/aromatic N) is 4. The Bertz CT molecular complexity index is 1030. The van der Waals surface area contributed by atoms with Gasteiger partial charge in [-0.2, -0.15) is 4.98 Å². The van der Waals surface area contributed by atoms with Gasteiger partial charge in [0.2, 0.25) is 5.95 Å². The molecule has 1 aliphatic heterocycles. The van der Waals surface area contributed by atoms with E-state index in [2.05, 4.69) is 30.6 Å². The fourth-order valence-corrected chi connectivity index (χ4v) is 3.15. The Morgan fingerprint density at radius 3 is 2.77 bits per heavy atom. The number of rotatable bonds is 6. The topological polar surface area (TPSA) is 154 Å². The van der Waals surface area contributed by atoms with E-state index in [-0.39, 0.29) is 17.6 Å². The van der Waals surface area contributed by atoms with Gasteiger partial charge in [0.25, 0.3) is 5.91 Å². The molecule has 0 bridgehead atoms. The first-order valence-electron chi connectivity index (χ1n) is 9.51. The third-order valence-electron chi connectivity index (χ3n) is 4.72. The molecule has 2 aromatic heterocycles. The molecule has 0 saturated carbocycles. The molecular weight excluding hydrogens is 384 g/mol. The summed E-state index contributed by atoms with van der Waals surface area (Å²) in [4.78, 5) is 29.1. The number of anilines is 3. The molecule has 3 heterocycles. The number of benzene rings is 1. The highest BCUT2D eigenvalue weighted by atomic mass is 16.5. The predicted molar refractivity (Wildman–Crippen MR) is 112 cm³/mol. The van der Waals surface area contributed by atoms with Crippen LogP contribution < -0.4 is 22.1 Å². The largest absolute Gasteiger partial charge is 0.380 e. The Kier molecular flexibility index (Phi) is 5.77. The van der Waals surface area contributed by atoms with Gasteiger partial charge in [0.15, 0.2) is 5.82 Å². The van der Waals surface area contributed by atoms with Gasteiger partial charge in [-0.3, -0.25) is 4.79 Å². The highest BCUT2D eigenvalue weighted by molar-refractivity contribution is 5.98. The third kappa shape index (κ3) is 4.50. The zero-order valence-corrected chi connectivity index (χ0v) is 16.2. The van der Waals surface area contributed by atoms with Gasteiger partial charge in [0.1, 0.15) is 11.4 Å². The molecule has 30 heavy (non-hydrogen) atoms. The van der Waals surface area contributed by atoms with E-state index in [0.717, 1.165) is 12.0 Å². The molecule has 1 aromatic carbocycles. The lowest BCUT2D eigenvalue weighted by molar-refractivity contribution is 0.0751. The lowest BCUT2D eigenvalue weighted by Crippen LogP contribution is -2.47. The summed E-state index contributed by atoms with van der Waals surface area (Å²) in [5.41, 5.74) is 13.3. The molecule has 0 spiro atoms. The van der Waals surface area contributed by atoms with E-state index in [1.807, 2.05) is 24.3 Å². The van der Waals surface area contributed by atoms with Gasteiger partial charge in [0, 0.05) is 48.5 Å². The van der Waals surface area contributed by atoms with Crippen molar-refractivity contribution < 1.29 is 9.53 Å². The second-order valence-corrected chi connectivity index (χ2v) is 6.88. The van der Waals surface area contributed by atoms with Crippen molar-refractivity contribution in [1.29, 1.82) is 0 Å². The Hall–Kier alpha value is -3.63. The minimum atomic E-state index is -0.630. The summed E-state index contributed by atoms with van der Waals surface area (Å²) in [6.07, 6.45) is 5.49. The number of nitrogens with one attached hydrogen (secondary N) is 2. The van der Waals surface area contributed by atoms with Crippen molar-refractivity contribution in [1.82, 2.24) is 19.9 Å². The van der Waals surface area contributed by atoms with Gasteiger partial charge < -0.3 is 26.8 Å². The average Bonchev–Trinajstić information content (AvgIpc) is 2.76. The number of hydrogen-bond donors (Lipinski definition) is 4. The van der Waals surface area contributed by atoms with Crippen LogP contribution in [0.4, 0.5) is 17.5 Å². The van der Waals surface area contributed by atoms with E-state index >= 15 is 0 Å². The van der Waals surface area contributed by atoms with E-state index in [4.69, 9.17) is 16.2 Å². The molecule has 1 aliphatic rings. The normalized spacial score (nSPS) is 18.6. The van der Waals surface area contributed by atoms with Gasteiger partial charge in [-0.15, -0.1) is 0 Å². The molecule has 10 nitrogen and oxygen atoms in total. The zero-order valence-electron chi connectivity index (χ0n) is 16.2. The van der Waals surface area contributed by atoms with Gasteiger partial charge in [-0.05, 0) is 24.6 Å². The maximum Gasteiger partial charge on any atom is 0.254 e. The predicted octanol–water partition coefficient (Wildman–Crippen LogP) is 1.30. The number of amides is 1. The maximum absolute atomic E-state index is 11.9. The molecule has 6 N–H and O–H groups in total. The van der Waals surface area contributed by atoms with E-state index < -0.39 is 5.91 Å². The summed E-state index contributed by atoms with van der Waals surface area (Å²) in [6, 6.07) is 9.03. The van der Waals surface area contributed by atoms with Crippen molar-refractivity contribution in [3.8, 4) is 11.4 Å². The lowest BCUT2D eigenvalue weighted by Gasteiger charge is -2.29. The average molecular weight is 406 g/mol. The van der Waals surface area contributed by atoms with Crippen LogP contribution in [0.15, 0.2) is 48.9 Å². The van der Waals surface area contributed by atoms with Crippen molar-refractivity contribution in [3.63, 3.8) is 0 Å². The molecule has 1 saturated heterocycles. The second-order valence-electron chi connectivity index (χ2n) is 6.88. The van der Waals surface area contributed by atoms with E-state index in [9.17, 15) is 4.79 Å². The summed E-state index contributed by atoms with van der Waals surface area (Å²) in [5, 5.41) is 6.37. The van der Waals surface area contributed by atoms with E-state index in [0.29, 0.717) is 36.5 Å². The van der Waals surface area contributed by atoms with Gasteiger partial charge in [-0.1, -0.05) is 12.1 Å². The van der Waals surface area contributed by atoms with Crippen LogP contribution in [-0.4, -0.2) is 51.1 Å². The van der Waals surface area contributed by atoms with Crippen LogP contribution in [0.3, 0.4) is 0 Å². The molecule has 0 unspecified atom stereocenters. The standard InChI is InChI=1S/C20H22N8O2/c21-15-11-30-8-5-16(15)27-20-25-10-14(17(22)29)19(28-20)26-13-4-1-3-12(9-13)18-23-6-2-7-24-18/h1-4,6-7,9-10,15-16H,5,8,11,21H2,(H2,22,29)(H2,25,26,27,28)/t15-,16+/m0/s1. The molecular formula is C20H22N8O2. The van der Waals surface area contributed by atoms with Crippen molar-refractivity contribution >= 4 is 23.4 Å². The number of aromatic nitrogens is 4. The van der Waals surface area contributed by atoms with Crippen LogP contribution in [0.1, 0.15) is 16.8 Å². The van der Waals surface area contributed by atoms with Crippen LogP contribution in [0.5, 0.6) is 0 Å². The number of primary amides is 1. The van der Waals surface area contributed by atoms with Crippen LogP contribution in [-0.2, 0) is 4.74 Å². The molecule has 1 amide bonds. The molecule has 0 radical (unpaired) electrons. The quantitative estimate of drug-likeness (QED) is 0.474. The van der Waals surface area contributed by atoms with Gasteiger partial charge in [0.05, 0.1) is 6.61 Å².